The van der Waals surface area contributed by atoms with Crippen molar-refractivity contribution in [1.82, 2.24) is 4.57 Å². The van der Waals surface area contributed by atoms with Crippen molar-refractivity contribution < 1.29 is 9.18 Å². The molecule has 1 N–H and O–H groups in total. The summed E-state index contributed by atoms with van der Waals surface area (Å²) >= 11 is 5.85. The number of para-hydroxylation sites is 1. The van der Waals surface area contributed by atoms with Crippen molar-refractivity contribution in [2.24, 2.45) is 0 Å². The summed E-state index contributed by atoms with van der Waals surface area (Å²) in [6.07, 6.45) is 1.45. The molecule has 0 unspecified atom stereocenters. The van der Waals surface area contributed by atoms with Crippen LogP contribution in [0.1, 0.15) is 15.9 Å². The molecule has 0 spiro atoms. The van der Waals surface area contributed by atoms with Crippen molar-refractivity contribution in [1.29, 1.82) is 0 Å². The highest BCUT2D eigenvalue weighted by atomic mass is 35.5. The Bertz CT molecular complexity index is 968. The van der Waals surface area contributed by atoms with Crippen LogP contribution in [-0.2, 0) is 6.54 Å². The number of aromatic nitrogens is 1. The van der Waals surface area contributed by atoms with E-state index >= 15 is 0 Å². The zero-order valence-corrected chi connectivity index (χ0v) is 13.8. The normalized spacial score (nSPS) is 10.5. The summed E-state index contributed by atoms with van der Waals surface area (Å²) in [6.45, 7) is 0.302. The first-order valence-corrected chi connectivity index (χ1v) is 7.91. The molecule has 0 saturated carbocycles. The van der Waals surface area contributed by atoms with Crippen molar-refractivity contribution in [3.05, 3.63) is 99.2 Å². The second kappa shape index (κ2) is 7.32. The average Bonchev–Trinajstić information content (AvgIpc) is 2.60. The van der Waals surface area contributed by atoms with E-state index in [1.807, 2.05) is 0 Å². The highest BCUT2D eigenvalue weighted by Crippen LogP contribution is 2.14. The molecule has 0 saturated heterocycles. The molecular weight excluding hydrogens is 343 g/mol. The summed E-state index contributed by atoms with van der Waals surface area (Å²) < 4.78 is 15.1. The molecule has 126 valence electrons. The number of hydrogen-bond acceptors (Lipinski definition) is 2. The molecule has 0 aliphatic carbocycles. The first kappa shape index (κ1) is 16.9. The van der Waals surface area contributed by atoms with Crippen molar-refractivity contribution in [2.75, 3.05) is 5.32 Å². The Morgan fingerprint density at radius 3 is 2.48 bits per heavy atom. The monoisotopic (exact) mass is 356 g/mol. The SMILES string of the molecule is O=C(Nc1ccccc1F)c1ccc(=O)n(Cc2ccc(Cl)cc2)c1. The van der Waals surface area contributed by atoms with E-state index in [0.29, 0.717) is 11.6 Å². The van der Waals surface area contributed by atoms with E-state index in [-0.39, 0.29) is 16.8 Å². The van der Waals surface area contributed by atoms with Crippen LogP contribution in [0.25, 0.3) is 0 Å². The number of halogens is 2. The Morgan fingerprint density at radius 2 is 1.76 bits per heavy atom. The zero-order valence-electron chi connectivity index (χ0n) is 13.1. The third-order valence-electron chi connectivity index (χ3n) is 3.63. The molecule has 0 bridgehead atoms. The van der Waals surface area contributed by atoms with Crippen molar-refractivity contribution >= 4 is 23.2 Å². The molecule has 0 aliphatic heterocycles. The fraction of sp³-hybridized carbons (Fsp3) is 0.0526. The van der Waals surface area contributed by atoms with Crippen LogP contribution in [-0.4, -0.2) is 10.5 Å². The van der Waals surface area contributed by atoms with Gasteiger partial charge in [-0.05, 0) is 35.9 Å². The number of nitrogens with zero attached hydrogens (tertiary/aromatic N) is 1. The lowest BCUT2D eigenvalue weighted by Gasteiger charge is -2.10. The minimum Gasteiger partial charge on any atom is -0.319 e. The maximum Gasteiger partial charge on any atom is 0.257 e. The van der Waals surface area contributed by atoms with Gasteiger partial charge in [-0.25, -0.2) is 4.39 Å². The van der Waals surface area contributed by atoms with Gasteiger partial charge in [-0.1, -0.05) is 35.9 Å². The highest BCUT2D eigenvalue weighted by Gasteiger charge is 2.10. The van der Waals surface area contributed by atoms with Crippen LogP contribution in [0.2, 0.25) is 5.02 Å². The van der Waals surface area contributed by atoms with Gasteiger partial charge in [0.1, 0.15) is 5.82 Å². The van der Waals surface area contributed by atoms with Gasteiger partial charge in [-0.3, -0.25) is 9.59 Å². The second-order valence-electron chi connectivity index (χ2n) is 5.44. The molecule has 1 aromatic heterocycles. The van der Waals surface area contributed by atoms with Crippen LogP contribution in [0.3, 0.4) is 0 Å². The number of carbonyl (C=O) groups is 1. The third-order valence-corrected chi connectivity index (χ3v) is 3.89. The number of pyridine rings is 1. The molecule has 6 heteroatoms. The number of amides is 1. The van der Waals surface area contributed by atoms with Gasteiger partial charge in [0.05, 0.1) is 17.8 Å². The Balaban J connectivity index is 1.83. The lowest BCUT2D eigenvalue weighted by Crippen LogP contribution is -2.22. The molecule has 0 atom stereocenters. The number of rotatable bonds is 4. The summed E-state index contributed by atoms with van der Waals surface area (Å²) in [4.78, 5) is 24.3. The molecule has 25 heavy (non-hydrogen) atoms. The van der Waals surface area contributed by atoms with E-state index in [2.05, 4.69) is 5.32 Å². The molecule has 2 aromatic carbocycles. The average molecular weight is 357 g/mol. The van der Waals surface area contributed by atoms with Crippen molar-refractivity contribution in [3.8, 4) is 0 Å². The highest BCUT2D eigenvalue weighted by molar-refractivity contribution is 6.30. The minimum atomic E-state index is -0.523. The summed E-state index contributed by atoms with van der Waals surface area (Å²) in [5.41, 5.74) is 0.982. The minimum absolute atomic E-state index is 0.0861. The van der Waals surface area contributed by atoms with E-state index in [9.17, 15) is 14.0 Å². The second-order valence-corrected chi connectivity index (χ2v) is 5.88. The number of nitrogens with one attached hydrogen (secondary N) is 1. The molecular formula is C19H14ClFN2O2. The molecule has 3 aromatic rings. The topological polar surface area (TPSA) is 51.1 Å². The first-order chi connectivity index (χ1) is 12.0. The summed E-state index contributed by atoms with van der Waals surface area (Å²) in [7, 11) is 0. The molecule has 1 amide bonds. The zero-order chi connectivity index (χ0) is 17.8. The molecule has 3 rings (SSSR count). The number of benzene rings is 2. The predicted molar refractivity (Wildman–Crippen MR) is 95.6 cm³/mol. The number of anilines is 1. The van der Waals surface area contributed by atoms with Crippen LogP contribution in [0.15, 0.2) is 71.7 Å². The molecule has 0 aliphatic rings. The van der Waals surface area contributed by atoms with E-state index < -0.39 is 11.7 Å². The Morgan fingerprint density at radius 1 is 1.04 bits per heavy atom. The lowest BCUT2D eigenvalue weighted by molar-refractivity contribution is 0.102. The van der Waals surface area contributed by atoms with Gasteiger partial charge in [-0.15, -0.1) is 0 Å². The fourth-order valence-electron chi connectivity index (χ4n) is 2.33. The standard InChI is InChI=1S/C19H14ClFN2O2/c20-15-8-5-13(6-9-15)11-23-12-14(7-10-18(23)24)19(25)22-17-4-2-1-3-16(17)21/h1-10,12H,11H2,(H,22,25). The maximum atomic E-state index is 13.6. The summed E-state index contributed by atoms with van der Waals surface area (Å²) in [5.74, 6) is -1.01. The lowest BCUT2D eigenvalue weighted by atomic mass is 10.2. The number of carbonyl (C=O) groups excluding carboxylic acids is 1. The molecule has 0 fully saturated rings. The van der Waals surface area contributed by atoms with E-state index in [1.165, 1.54) is 41.1 Å². The quantitative estimate of drug-likeness (QED) is 0.769. The predicted octanol–water partition coefficient (Wildman–Crippen LogP) is 3.94. The van der Waals surface area contributed by atoms with E-state index in [1.54, 1.807) is 30.3 Å². The fourth-order valence-corrected chi connectivity index (χ4v) is 2.46. The van der Waals surface area contributed by atoms with Crippen LogP contribution >= 0.6 is 11.6 Å². The van der Waals surface area contributed by atoms with Gasteiger partial charge in [-0.2, -0.15) is 0 Å². The van der Waals surface area contributed by atoms with Gasteiger partial charge in [0, 0.05) is 17.3 Å². The van der Waals surface area contributed by atoms with Gasteiger partial charge < -0.3 is 9.88 Å². The van der Waals surface area contributed by atoms with Gasteiger partial charge in [0.25, 0.3) is 11.5 Å². The first-order valence-electron chi connectivity index (χ1n) is 7.54. The largest absolute Gasteiger partial charge is 0.319 e. The summed E-state index contributed by atoms with van der Waals surface area (Å²) in [5, 5.41) is 3.10. The third kappa shape index (κ3) is 4.14. The number of hydrogen-bond donors (Lipinski definition) is 1. The Labute approximate surface area is 148 Å². The summed E-state index contributed by atoms with van der Waals surface area (Å²) in [6, 6.07) is 15.7. The van der Waals surface area contributed by atoms with Crippen molar-refractivity contribution in [2.45, 2.75) is 6.54 Å². The van der Waals surface area contributed by atoms with E-state index in [4.69, 9.17) is 11.6 Å². The van der Waals surface area contributed by atoms with Crippen LogP contribution in [0.5, 0.6) is 0 Å². The maximum absolute atomic E-state index is 13.6. The molecule has 0 radical (unpaired) electrons. The molecule has 1 heterocycles. The Hall–Kier alpha value is -2.92. The van der Waals surface area contributed by atoms with Gasteiger partial charge in [0.2, 0.25) is 0 Å². The van der Waals surface area contributed by atoms with Crippen LogP contribution < -0.4 is 10.9 Å². The van der Waals surface area contributed by atoms with E-state index in [0.717, 1.165) is 5.56 Å². The van der Waals surface area contributed by atoms with Crippen LogP contribution in [0.4, 0.5) is 10.1 Å². The van der Waals surface area contributed by atoms with Crippen molar-refractivity contribution in [3.63, 3.8) is 0 Å². The van der Waals surface area contributed by atoms with Crippen LogP contribution in [0, 0.1) is 5.82 Å². The molecule has 4 nitrogen and oxygen atoms in total. The van der Waals surface area contributed by atoms with Gasteiger partial charge >= 0.3 is 0 Å². The smallest absolute Gasteiger partial charge is 0.257 e. The van der Waals surface area contributed by atoms with Gasteiger partial charge in [0.15, 0.2) is 0 Å². The Kier molecular flexibility index (Phi) is 4.95.